The topological polar surface area (TPSA) is 58.1 Å². The van der Waals surface area contributed by atoms with Crippen molar-refractivity contribution in [3.63, 3.8) is 0 Å². The second-order valence-corrected chi connectivity index (χ2v) is 3.94. The van der Waals surface area contributed by atoms with E-state index in [1.165, 1.54) is 11.5 Å². The molecule has 14 heavy (non-hydrogen) atoms. The maximum absolute atomic E-state index is 11.7. The molecule has 0 bridgehead atoms. The van der Waals surface area contributed by atoms with Gasteiger partial charge in [0.1, 0.15) is 0 Å². The highest BCUT2D eigenvalue weighted by molar-refractivity contribution is 7.03. The molecule has 1 amide bonds. The molecule has 1 aliphatic rings. The molecule has 1 N–H and O–H groups in total. The Hall–Kier alpha value is -1.01. The van der Waals surface area contributed by atoms with Gasteiger partial charge >= 0.3 is 0 Å². The minimum atomic E-state index is -0.0738. The van der Waals surface area contributed by atoms with Crippen molar-refractivity contribution < 1.29 is 4.79 Å². The smallest absolute Gasteiger partial charge is 0.239 e. The van der Waals surface area contributed by atoms with Crippen LogP contribution < -0.4 is 5.32 Å². The Balaban J connectivity index is 2.00. The number of carbonyl (C=O) groups is 1. The molecule has 1 fully saturated rings. The average molecular weight is 212 g/mol. The first-order chi connectivity index (χ1) is 6.77. The van der Waals surface area contributed by atoms with Crippen LogP contribution in [0.2, 0.25) is 0 Å². The molecule has 0 aliphatic carbocycles. The van der Waals surface area contributed by atoms with E-state index >= 15 is 0 Å². The molecule has 5 nitrogen and oxygen atoms in total. The van der Waals surface area contributed by atoms with Crippen LogP contribution in [0.1, 0.15) is 12.6 Å². The highest BCUT2D eigenvalue weighted by atomic mass is 32.1. The highest BCUT2D eigenvalue weighted by Gasteiger charge is 2.24. The summed E-state index contributed by atoms with van der Waals surface area (Å²) < 4.78 is 3.77. The van der Waals surface area contributed by atoms with Gasteiger partial charge in [-0.1, -0.05) is 4.49 Å². The third-order valence-corrected chi connectivity index (χ3v) is 2.83. The Bertz CT molecular complexity index is 313. The zero-order valence-electron chi connectivity index (χ0n) is 7.93. The van der Waals surface area contributed by atoms with Crippen LogP contribution in [-0.2, 0) is 11.3 Å². The van der Waals surface area contributed by atoms with Gasteiger partial charge in [0.25, 0.3) is 0 Å². The molecule has 1 atom stereocenters. The first kappa shape index (κ1) is 9.54. The quantitative estimate of drug-likeness (QED) is 0.741. The van der Waals surface area contributed by atoms with E-state index in [0.29, 0.717) is 6.54 Å². The molecule has 76 valence electrons. The van der Waals surface area contributed by atoms with E-state index in [2.05, 4.69) is 14.9 Å². The summed E-state index contributed by atoms with van der Waals surface area (Å²) in [6, 6.07) is -0.0738. The largest absolute Gasteiger partial charge is 0.334 e. The molecule has 1 unspecified atom stereocenters. The van der Waals surface area contributed by atoms with Crippen LogP contribution in [-0.4, -0.2) is 39.5 Å². The summed E-state index contributed by atoms with van der Waals surface area (Å²) in [7, 11) is 0. The fraction of sp³-hybridized carbons (Fsp3) is 0.625. The molecular formula is C8H12N4OS. The average Bonchev–Trinajstić information content (AvgIpc) is 2.66. The zero-order chi connectivity index (χ0) is 9.97. The van der Waals surface area contributed by atoms with Crippen molar-refractivity contribution >= 4 is 17.4 Å². The van der Waals surface area contributed by atoms with E-state index in [1.54, 1.807) is 0 Å². The fourth-order valence-electron chi connectivity index (χ4n) is 1.49. The van der Waals surface area contributed by atoms with Crippen LogP contribution in [0, 0.1) is 0 Å². The number of nitrogens with one attached hydrogen (secondary N) is 1. The van der Waals surface area contributed by atoms with Gasteiger partial charge in [-0.3, -0.25) is 4.79 Å². The SMILES string of the molecule is CC1NCCN(Cc2csnn2)C1=O. The molecule has 1 aromatic heterocycles. The molecule has 6 heteroatoms. The number of hydrogen-bond acceptors (Lipinski definition) is 5. The van der Waals surface area contributed by atoms with Gasteiger partial charge in [0.05, 0.1) is 18.3 Å². The third kappa shape index (κ3) is 1.91. The second-order valence-electron chi connectivity index (χ2n) is 3.33. The van der Waals surface area contributed by atoms with Gasteiger partial charge in [0.2, 0.25) is 5.91 Å². The molecule has 2 heterocycles. The van der Waals surface area contributed by atoms with Crippen LogP contribution in [0.5, 0.6) is 0 Å². The fourth-order valence-corrected chi connectivity index (χ4v) is 1.94. The van der Waals surface area contributed by atoms with Gasteiger partial charge in [-0.2, -0.15) is 0 Å². The van der Waals surface area contributed by atoms with Gasteiger partial charge in [0, 0.05) is 18.5 Å². The minimum Gasteiger partial charge on any atom is -0.334 e. The van der Waals surface area contributed by atoms with E-state index in [9.17, 15) is 4.79 Å². The first-order valence-electron chi connectivity index (χ1n) is 4.55. The normalized spacial score (nSPS) is 22.8. The summed E-state index contributed by atoms with van der Waals surface area (Å²) in [4.78, 5) is 13.5. The lowest BCUT2D eigenvalue weighted by Gasteiger charge is -2.30. The molecule has 0 radical (unpaired) electrons. The number of piperazine rings is 1. The van der Waals surface area contributed by atoms with Gasteiger partial charge in [0.15, 0.2) is 0 Å². The molecule has 0 saturated carbocycles. The van der Waals surface area contributed by atoms with Gasteiger partial charge < -0.3 is 10.2 Å². The van der Waals surface area contributed by atoms with Gasteiger partial charge in [-0.15, -0.1) is 5.10 Å². The third-order valence-electron chi connectivity index (χ3n) is 2.27. The molecule has 2 rings (SSSR count). The predicted molar refractivity (Wildman–Crippen MR) is 52.8 cm³/mol. The van der Waals surface area contributed by atoms with Crippen molar-refractivity contribution in [3.05, 3.63) is 11.1 Å². The van der Waals surface area contributed by atoms with Crippen molar-refractivity contribution in [2.75, 3.05) is 13.1 Å². The molecule has 1 saturated heterocycles. The van der Waals surface area contributed by atoms with Gasteiger partial charge in [-0.05, 0) is 18.5 Å². The van der Waals surface area contributed by atoms with Crippen molar-refractivity contribution in [2.24, 2.45) is 0 Å². The molecule has 1 aliphatic heterocycles. The lowest BCUT2D eigenvalue weighted by atomic mass is 10.2. The van der Waals surface area contributed by atoms with Crippen molar-refractivity contribution in [1.82, 2.24) is 19.8 Å². The lowest BCUT2D eigenvalue weighted by Crippen LogP contribution is -2.53. The Kier molecular flexibility index (Phi) is 2.74. The van der Waals surface area contributed by atoms with E-state index in [4.69, 9.17) is 0 Å². The van der Waals surface area contributed by atoms with E-state index in [-0.39, 0.29) is 11.9 Å². The Morgan fingerprint density at radius 3 is 3.36 bits per heavy atom. The monoisotopic (exact) mass is 212 g/mol. The summed E-state index contributed by atoms with van der Waals surface area (Å²) in [5, 5.41) is 8.92. The number of hydrogen-bond donors (Lipinski definition) is 1. The van der Waals surface area contributed by atoms with E-state index in [1.807, 2.05) is 17.2 Å². The van der Waals surface area contributed by atoms with Crippen molar-refractivity contribution in [2.45, 2.75) is 19.5 Å². The number of rotatable bonds is 2. The molecule has 0 spiro atoms. The van der Waals surface area contributed by atoms with E-state index in [0.717, 1.165) is 18.8 Å². The van der Waals surface area contributed by atoms with E-state index < -0.39 is 0 Å². The Labute approximate surface area is 86.3 Å². The second kappa shape index (κ2) is 4.02. The summed E-state index contributed by atoms with van der Waals surface area (Å²) >= 11 is 1.32. The summed E-state index contributed by atoms with van der Waals surface area (Å²) in [5.74, 6) is 0.143. The van der Waals surface area contributed by atoms with Crippen LogP contribution in [0.25, 0.3) is 0 Å². The zero-order valence-corrected chi connectivity index (χ0v) is 8.75. The maximum atomic E-state index is 11.7. The van der Waals surface area contributed by atoms with Crippen LogP contribution in [0.4, 0.5) is 0 Å². The maximum Gasteiger partial charge on any atom is 0.239 e. The number of aromatic nitrogens is 2. The lowest BCUT2D eigenvalue weighted by molar-refractivity contribution is -0.135. The minimum absolute atomic E-state index is 0.0738. The standard InChI is InChI=1S/C8H12N4OS/c1-6-8(13)12(3-2-9-6)4-7-5-14-11-10-7/h5-6,9H,2-4H2,1H3. The van der Waals surface area contributed by atoms with Crippen molar-refractivity contribution in [3.8, 4) is 0 Å². The Morgan fingerprint density at radius 2 is 2.64 bits per heavy atom. The predicted octanol–water partition coefficient (Wildman–Crippen LogP) is -0.142. The summed E-state index contributed by atoms with van der Waals surface area (Å²) in [6.07, 6.45) is 0. The number of nitrogens with zero attached hydrogens (tertiary/aromatic N) is 3. The summed E-state index contributed by atoms with van der Waals surface area (Å²) in [5.41, 5.74) is 0.873. The Morgan fingerprint density at radius 1 is 1.79 bits per heavy atom. The summed E-state index contributed by atoms with van der Waals surface area (Å²) in [6.45, 7) is 4.07. The first-order valence-corrected chi connectivity index (χ1v) is 5.39. The van der Waals surface area contributed by atoms with Crippen LogP contribution in [0.15, 0.2) is 5.38 Å². The van der Waals surface area contributed by atoms with Crippen molar-refractivity contribution in [1.29, 1.82) is 0 Å². The number of carbonyl (C=O) groups excluding carboxylic acids is 1. The van der Waals surface area contributed by atoms with Gasteiger partial charge in [-0.25, -0.2) is 0 Å². The van der Waals surface area contributed by atoms with Crippen LogP contribution in [0.3, 0.4) is 0 Å². The highest BCUT2D eigenvalue weighted by Crippen LogP contribution is 2.07. The molecule has 0 aromatic carbocycles. The molecular weight excluding hydrogens is 200 g/mol. The van der Waals surface area contributed by atoms with Crippen LogP contribution >= 0.6 is 11.5 Å². The molecule has 1 aromatic rings. The number of amides is 1.